The minimum absolute atomic E-state index is 0.00915. The minimum Gasteiger partial charge on any atom is -0.389 e. The van der Waals surface area contributed by atoms with Crippen molar-refractivity contribution in [2.75, 3.05) is 40.3 Å². The van der Waals surface area contributed by atoms with Crippen LogP contribution in [0.2, 0.25) is 0 Å². The summed E-state index contributed by atoms with van der Waals surface area (Å²) in [6.45, 7) is 3.53. The second kappa shape index (κ2) is 7.04. The average molecular weight is 388 g/mol. The highest BCUT2D eigenvalue weighted by molar-refractivity contribution is 5.81. The molecule has 0 saturated carbocycles. The Hall–Kier alpha value is -2.12. The zero-order valence-electron chi connectivity index (χ0n) is 16.9. The van der Waals surface area contributed by atoms with E-state index in [4.69, 9.17) is 0 Å². The third-order valence-electron chi connectivity index (χ3n) is 6.50. The fourth-order valence-corrected chi connectivity index (χ4v) is 4.73. The van der Waals surface area contributed by atoms with Crippen LogP contribution >= 0.6 is 0 Å². The highest BCUT2D eigenvalue weighted by atomic mass is 19.1. The smallest absolute Gasteiger partial charge is 0.319 e. The molecule has 0 spiro atoms. The molecule has 4 rings (SSSR count). The largest absolute Gasteiger partial charge is 0.389 e. The van der Waals surface area contributed by atoms with Gasteiger partial charge in [-0.3, -0.25) is 4.90 Å². The molecule has 7 heteroatoms. The standard InChI is InChI=1S/C21H29FN4O2/c1-23(2)20(27)26-9-7-21(28)6-8-25(12-16(21)13-26)14-18-11-15-10-17(22)4-5-19(15)24(18)3/h4-5,10-11,16,28H,6-9,12-14H2,1-3H3/t16-,21-/m1/s1. The molecule has 2 amide bonds. The van der Waals surface area contributed by atoms with Gasteiger partial charge in [-0.2, -0.15) is 0 Å². The summed E-state index contributed by atoms with van der Waals surface area (Å²) < 4.78 is 15.6. The molecule has 2 atom stereocenters. The van der Waals surface area contributed by atoms with E-state index in [1.165, 1.54) is 6.07 Å². The fourth-order valence-electron chi connectivity index (χ4n) is 4.73. The van der Waals surface area contributed by atoms with E-state index < -0.39 is 5.60 Å². The van der Waals surface area contributed by atoms with Crippen molar-refractivity contribution >= 4 is 16.9 Å². The van der Waals surface area contributed by atoms with Gasteiger partial charge in [0.1, 0.15) is 5.82 Å². The summed E-state index contributed by atoms with van der Waals surface area (Å²) in [5, 5.41) is 12.0. The summed E-state index contributed by atoms with van der Waals surface area (Å²) in [5.74, 6) is -0.174. The van der Waals surface area contributed by atoms with Crippen molar-refractivity contribution in [2.24, 2.45) is 13.0 Å². The molecule has 0 radical (unpaired) electrons. The molecule has 2 aliphatic rings. The van der Waals surface area contributed by atoms with Gasteiger partial charge in [-0.1, -0.05) is 0 Å². The SMILES string of the molecule is CN(C)C(=O)N1CC[C@]2(O)CCN(Cc3cc4cc(F)ccc4n3C)C[C@@H]2C1. The Morgan fingerprint density at radius 3 is 2.75 bits per heavy atom. The Morgan fingerprint density at radius 2 is 2.00 bits per heavy atom. The van der Waals surface area contributed by atoms with Gasteiger partial charge in [-0.05, 0) is 37.1 Å². The van der Waals surface area contributed by atoms with Gasteiger partial charge < -0.3 is 19.5 Å². The van der Waals surface area contributed by atoms with E-state index >= 15 is 0 Å². The van der Waals surface area contributed by atoms with Gasteiger partial charge in [-0.15, -0.1) is 0 Å². The summed E-state index contributed by atoms with van der Waals surface area (Å²) in [6.07, 6.45) is 1.36. The van der Waals surface area contributed by atoms with Crippen LogP contribution in [0.25, 0.3) is 10.9 Å². The highest BCUT2D eigenvalue weighted by Gasteiger charge is 2.46. The number of halogens is 1. The number of hydrogen-bond donors (Lipinski definition) is 1. The van der Waals surface area contributed by atoms with E-state index in [-0.39, 0.29) is 17.8 Å². The Balaban J connectivity index is 1.49. The number of carbonyl (C=O) groups excluding carboxylic acids is 1. The van der Waals surface area contributed by atoms with E-state index in [0.717, 1.165) is 42.7 Å². The number of amides is 2. The van der Waals surface area contributed by atoms with Crippen LogP contribution in [0.5, 0.6) is 0 Å². The number of aromatic nitrogens is 1. The monoisotopic (exact) mass is 388 g/mol. The van der Waals surface area contributed by atoms with Crippen molar-refractivity contribution < 1.29 is 14.3 Å². The average Bonchev–Trinajstić information content (AvgIpc) is 2.95. The number of hydrogen-bond acceptors (Lipinski definition) is 3. The third-order valence-corrected chi connectivity index (χ3v) is 6.50. The lowest BCUT2D eigenvalue weighted by Crippen LogP contribution is -2.61. The van der Waals surface area contributed by atoms with Crippen LogP contribution in [0.15, 0.2) is 24.3 Å². The number of piperidine rings is 2. The first-order valence-corrected chi connectivity index (χ1v) is 9.92. The number of aryl methyl sites for hydroxylation is 1. The van der Waals surface area contributed by atoms with E-state index in [2.05, 4.69) is 9.47 Å². The molecule has 2 aromatic rings. The second-order valence-corrected chi connectivity index (χ2v) is 8.56. The quantitative estimate of drug-likeness (QED) is 0.859. The number of carbonyl (C=O) groups is 1. The zero-order valence-corrected chi connectivity index (χ0v) is 16.9. The summed E-state index contributed by atoms with van der Waals surface area (Å²) in [5.41, 5.74) is 1.47. The van der Waals surface area contributed by atoms with Gasteiger partial charge in [0.2, 0.25) is 0 Å². The van der Waals surface area contributed by atoms with E-state index in [9.17, 15) is 14.3 Å². The Bertz CT molecular complexity index is 896. The molecule has 1 N–H and O–H groups in total. The lowest BCUT2D eigenvalue weighted by Gasteiger charge is -2.50. The first-order chi connectivity index (χ1) is 13.3. The molecule has 28 heavy (non-hydrogen) atoms. The van der Waals surface area contributed by atoms with Crippen LogP contribution in [-0.4, -0.2) is 76.3 Å². The Labute approximate surface area is 165 Å². The maximum atomic E-state index is 13.5. The number of nitrogens with zero attached hydrogens (tertiary/aromatic N) is 4. The molecule has 1 aromatic heterocycles. The van der Waals surface area contributed by atoms with Gasteiger partial charge in [0.25, 0.3) is 0 Å². The van der Waals surface area contributed by atoms with Crippen LogP contribution in [0.4, 0.5) is 9.18 Å². The summed E-state index contributed by atoms with van der Waals surface area (Å²) in [7, 11) is 5.53. The fraction of sp³-hybridized carbons (Fsp3) is 0.571. The molecule has 0 unspecified atom stereocenters. The molecule has 0 bridgehead atoms. The summed E-state index contributed by atoms with van der Waals surface area (Å²) >= 11 is 0. The van der Waals surface area contributed by atoms with Crippen LogP contribution < -0.4 is 0 Å². The third kappa shape index (κ3) is 3.37. The van der Waals surface area contributed by atoms with E-state index in [0.29, 0.717) is 19.5 Å². The maximum absolute atomic E-state index is 13.5. The zero-order chi connectivity index (χ0) is 20.1. The number of likely N-dealkylation sites (tertiary alicyclic amines) is 2. The molecule has 1 aromatic carbocycles. The molecule has 152 valence electrons. The van der Waals surface area contributed by atoms with Gasteiger partial charge in [0.15, 0.2) is 0 Å². The van der Waals surface area contributed by atoms with Crippen molar-refractivity contribution in [1.29, 1.82) is 0 Å². The van der Waals surface area contributed by atoms with Gasteiger partial charge in [0.05, 0.1) is 5.60 Å². The second-order valence-electron chi connectivity index (χ2n) is 8.56. The molecule has 2 aliphatic heterocycles. The molecule has 0 aliphatic carbocycles. The lowest BCUT2D eigenvalue weighted by atomic mass is 9.75. The van der Waals surface area contributed by atoms with Crippen molar-refractivity contribution in [2.45, 2.75) is 25.0 Å². The van der Waals surface area contributed by atoms with E-state index in [1.807, 2.05) is 24.1 Å². The normalized spacial score (nSPS) is 25.8. The highest BCUT2D eigenvalue weighted by Crippen LogP contribution is 2.36. The number of benzene rings is 1. The Morgan fingerprint density at radius 1 is 1.25 bits per heavy atom. The molecular weight excluding hydrogens is 359 g/mol. The molecule has 3 heterocycles. The van der Waals surface area contributed by atoms with Gasteiger partial charge in [-0.25, -0.2) is 9.18 Å². The summed E-state index contributed by atoms with van der Waals surface area (Å²) in [4.78, 5) is 18.1. The maximum Gasteiger partial charge on any atom is 0.319 e. The number of aliphatic hydroxyl groups is 1. The molecule has 6 nitrogen and oxygen atoms in total. The van der Waals surface area contributed by atoms with E-state index in [1.54, 1.807) is 25.1 Å². The number of fused-ring (bicyclic) bond motifs is 2. The summed E-state index contributed by atoms with van der Waals surface area (Å²) in [6, 6.07) is 6.93. The molecule has 2 fully saturated rings. The predicted octanol–water partition coefficient (Wildman–Crippen LogP) is 2.26. The van der Waals surface area contributed by atoms with Crippen LogP contribution in [0.1, 0.15) is 18.5 Å². The van der Waals surface area contributed by atoms with Gasteiger partial charge >= 0.3 is 6.03 Å². The van der Waals surface area contributed by atoms with Crippen molar-refractivity contribution in [3.8, 4) is 0 Å². The van der Waals surface area contributed by atoms with Crippen LogP contribution in [-0.2, 0) is 13.6 Å². The van der Waals surface area contributed by atoms with Crippen molar-refractivity contribution in [3.63, 3.8) is 0 Å². The van der Waals surface area contributed by atoms with Crippen molar-refractivity contribution in [1.82, 2.24) is 19.3 Å². The first kappa shape index (κ1) is 19.2. The van der Waals surface area contributed by atoms with Crippen molar-refractivity contribution in [3.05, 3.63) is 35.8 Å². The van der Waals surface area contributed by atoms with Gasteiger partial charge in [0, 0.05) is 76.4 Å². The topological polar surface area (TPSA) is 52.0 Å². The predicted molar refractivity (Wildman–Crippen MR) is 106 cm³/mol. The lowest BCUT2D eigenvalue weighted by molar-refractivity contribution is -0.108. The van der Waals surface area contributed by atoms with Crippen LogP contribution in [0.3, 0.4) is 0 Å². The number of urea groups is 1. The van der Waals surface area contributed by atoms with Crippen LogP contribution in [0, 0.1) is 11.7 Å². The Kier molecular flexibility index (Phi) is 4.83. The first-order valence-electron chi connectivity index (χ1n) is 9.92. The molecular formula is C21H29FN4O2. The number of rotatable bonds is 2. The minimum atomic E-state index is -0.679. The molecule has 2 saturated heterocycles.